The van der Waals surface area contributed by atoms with Gasteiger partial charge in [0.05, 0.1) is 6.20 Å². The van der Waals surface area contributed by atoms with E-state index in [4.69, 9.17) is 5.73 Å². The molecule has 1 heterocycles. The number of aromatic nitrogens is 1. The third-order valence-electron chi connectivity index (χ3n) is 2.21. The monoisotopic (exact) mass is 345 g/mol. The topological polar surface area (TPSA) is 85.1 Å². The number of nitrogen functional groups attached to an aromatic ring is 1. The molecule has 0 amide bonds. The van der Waals surface area contributed by atoms with Crippen LogP contribution in [0.3, 0.4) is 0 Å². The molecule has 3 N–H and O–H groups in total. The van der Waals surface area contributed by atoms with Gasteiger partial charge in [0.15, 0.2) is 0 Å². The van der Waals surface area contributed by atoms with E-state index in [2.05, 4.69) is 25.6 Å². The number of anilines is 2. The molecule has 0 bridgehead atoms. The molecule has 2 rings (SSSR count). The molecule has 19 heavy (non-hydrogen) atoms. The van der Waals surface area contributed by atoms with E-state index in [0.717, 1.165) is 12.3 Å². The molecule has 0 radical (unpaired) electrons. The summed E-state index contributed by atoms with van der Waals surface area (Å²) in [7, 11) is -3.81. The number of rotatable bonds is 3. The molecule has 2 aromatic rings. The molecule has 0 saturated carbocycles. The van der Waals surface area contributed by atoms with Gasteiger partial charge in [-0.15, -0.1) is 0 Å². The molecular weight excluding hydrogens is 337 g/mol. The minimum Gasteiger partial charge on any atom is -0.399 e. The lowest BCUT2D eigenvalue weighted by molar-refractivity contribution is 0.600. The first-order valence-corrected chi connectivity index (χ1v) is 7.35. The summed E-state index contributed by atoms with van der Waals surface area (Å²) in [5.41, 5.74) is 5.98. The number of nitrogens with two attached hydrogens (primary N) is 1. The normalized spacial score (nSPS) is 11.3. The molecule has 0 aliphatic carbocycles. The van der Waals surface area contributed by atoms with E-state index >= 15 is 0 Å². The number of benzene rings is 1. The number of nitrogens with one attached hydrogen (secondary N) is 1. The highest BCUT2D eigenvalue weighted by molar-refractivity contribution is 9.10. The molecule has 1 aromatic heterocycles. The number of hydrogen-bond donors (Lipinski definition) is 2. The third kappa shape index (κ3) is 3.21. The largest absolute Gasteiger partial charge is 0.399 e. The van der Waals surface area contributed by atoms with Crippen LogP contribution in [0.1, 0.15) is 0 Å². The van der Waals surface area contributed by atoms with Crippen molar-refractivity contribution < 1.29 is 12.8 Å². The standard InChI is InChI=1S/C11H9BrFN3O2S/c12-9-5-8(14)2-3-10(9)19(17,18)16-11-4-1-7(13)6-15-11/h1-6H,14H2,(H,15,16). The number of sulfonamides is 1. The van der Waals surface area contributed by atoms with Crippen molar-refractivity contribution in [1.29, 1.82) is 0 Å². The molecule has 0 fully saturated rings. The van der Waals surface area contributed by atoms with Crippen LogP contribution < -0.4 is 10.5 Å². The summed E-state index contributed by atoms with van der Waals surface area (Å²) in [5, 5.41) is 0. The quantitative estimate of drug-likeness (QED) is 0.836. The second-order valence-electron chi connectivity index (χ2n) is 3.66. The zero-order chi connectivity index (χ0) is 14.0. The van der Waals surface area contributed by atoms with Gasteiger partial charge >= 0.3 is 0 Å². The summed E-state index contributed by atoms with van der Waals surface area (Å²) >= 11 is 3.13. The Kier molecular flexibility index (Phi) is 3.72. The van der Waals surface area contributed by atoms with Crippen LogP contribution in [0, 0.1) is 5.82 Å². The molecule has 0 aliphatic rings. The van der Waals surface area contributed by atoms with Crippen molar-refractivity contribution >= 4 is 37.5 Å². The molecule has 0 spiro atoms. The van der Waals surface area contributed by atoms with Gasteiger partial charge in [0.25, 0.3) is 10.0 Å². The lowest BCUT2D eigenvalue weighted by Gasteiger charge is -2.09. The van der Waals surface area contributed by atoms with Gasteiger partial charge in [0.2, 0.25) is 0 Å². The Labute approximate surface area is 117 Å². The van der Waals surface area contributed by atoms with Crippen LogP contribution >= 0.6 is 15.9 Å². The maximum Gasteiger partial charge on any atom is 0.264 e. The molecule has 1 aromatic carbocycles. The van der Waals surface area contributed by atoms with Crippen LogP contribution in [0.25, 0.3) is 0 Å². The van der Waals surface area contributed by atoms with Gasteiger partial charge in [-0.3, -0.25) is 4.72 Å². The second kappa shape index (κ2) is 5.14. The highest BCUT2D eigenvalue weighted by Gasteiger charge is 2.18. The average molecular weight is 346 g/mol. The maximum absolute atomic E-state index is 12.7. The lowest BCUT2D eigenvalue weighted by atomic mass is 10.3. The number of halogens is 2. The first-order valence-electron chi connectivity index (χ1n) is 5.08. The summed E-state index contributed by atoms with van der Waals surface area (Å²) in [6.45, 7) is 0. The van der Waals surface area contributed by atoms with Gasteiger partial charge in [0, 0.05) is 10.2 Å². The van der Waals surface area contributed by atoms with Gasteiger partial charge in [-0.2, -0.15) is 0 Å². The van der Waals surface area contributed by atoms with E-state index in [0.29, 0.717) is 10.2 Å². The van der Waals surface area contributed by atoms with Crippen LogP contribution in [-0.4, -0.2) is 13.4 Å². The number of hydrogen-bond acceptors (Lipinski definition) is 4. The van der Waals surface area contributed by atoms with Crippen LogP contribution in [0.5, 0.6) is 0 Å². The molecule has 0 aliphatic heterocycles. The van der Waals surface area contributed by atoms with Crippen molar-refractivity contribution in [1.82, 2.24) is 4.98 Å². The Balaban J connectivity index is 2.35. The van der Waals surface area contributed by atoms with E-state index < -0.39 is 15.8 Å². The Morgan fingerprint density at radius 1 is 1.26 bits per heavy atom. The van der Waals surface area contributed by atoms with Gasteiger partial charge in [-0.25, -0.2) is 17.8 Å². The first kappa shape index (κ1) is 13.8. The van der Waals surface area contributed by atoms with E-state index in [1.807, 2.05) is 0 Å². The van der Waals surface area contributed by atoms with Gasteiger partial charge < -0.3 is 5.73 Å². The highest BCUT2D eigenvalue weighted by Crippen LogP contribution is 2.25. The summed E-state index contributed by atoms with van der Waals surface area (Å²) < 4.78 is 39.5. The number of nitrogens with zero attached hydrogens (tertiary/aromatic N) is 1. The Bertz CT molecular complexity index is 704. The van der Waals surface area contributed by atoms with Gasteiger partial charge in [-0.05, 0) is 46.3 Å². The van der Waals surface area contributed by atoms with Crippen molar-refractivity contribution in [3.63, 3.8) is 0 Å². The van der Waals surface area contributed by atoms with Gasteiger partial charge in [0.1, 0.15) is 16.5 Å². The number of pyridine rings is 1. The van der Waals surface area contributed by atoms with E-state index in [1.165, 1.54) is 24.3 Å². The van der Waals surface area contributed by atoms with Crippen LogP contribution in [0.4, 0.5) is 15.9 Å². The molecule has 5 nitrogen and oxygen atoms in total. The van der Waals surface area contributed by atoms with E-state index in [-0.39, 0.29) is 10.7 Å². The molecule has 0 saturated heterocycles. The Morgan fingerprint density at radius 2 is 2.00 bits per heavy atom. The molecule has 0 atom stereocenters. The zero-order valence-corrected chi connectivity index (χ0v) is 11.9. The van der Waals surface area contributed by atoms with E-state index in [1.54, 1.807) is 0 Å². The predicted octanol–water partition coefficient (Wildman–Crippen LogP) is 2.37. The van der Waals surface area contributed by atoms with E-state index in [9.17, 15) is 12.8 Å². The Hall–Kier alpha value is -1.67. The molecule has 100 valence electrons. The molecule has 0 unspecified atom stereocenters. The van der Waals surface area contributed by atoms with Crippen LogP contribution in [0.15, 0.2) is 45.9 Å². The first-order chi connectivity index (χ1) is 8.88. The third-order valence-corrected chi connectivity index (χ3v) is 4.54. The average Bonchev–Trinajstić information content (AvgIpc) is 2.31. The fourth-order valence-corrected chi connectivity index (χ4v) is 3.47. The van der Waals surface area contributed by atoms with Crippen LogP contribution in [0.2, 0.25) is 0 Å². The zero-order valence-electron chi connectivity index (χ0n) is 9.47. The lowest BCUT2D eigenvalue weighted by Crippen LogP contribution is -2.14. The fraction of sp³-hybridized carbons (Fsp3) is 0. The SMILES string of the molecule is Nc1ccc(S(=O)(=O)Nc2ccc(F)cn2)c(Br)c1. The summed E-state index contributed by atoms with van der Waals surface area (Å²) in [5.74, 6) is -0.512. The summed E-state index contributed by atoms with van der Waals surface area (Å²) in [6.07, 6.45) is 0.926. The fourth-order valence-electron chi connectivity index (χ4n) is 1.36. The molecular formula is C11H9BrFN3O2S. The van der Waals surface area contributed by atoms with Crippen molar-refractivity contribution in [2.24, 2.45) is 0 Å². The summed E-state index contributed by atoms with van der Waals surface area (Å²) in [6, 6.07) is 6.66. The predicted molar refractivity (Wildman–Crippen MR) is 73.6 cm³/mol. The summed E-state index contributed by atoms with van der Waals surface area (Å²) in [4.78, 5) is 3.65. The van der Waals surface area contributed by atoms with Crippen molar-refractivity contribution in [3.05, 3.63) is 46.8 Å². The van der Waals surface area contributed by atoms with Crippen molar-refractivity contribution in [3.8, 4) is 0 Å². The maximum atomic E-state index is 12.7. The highest BCUT2D eigenvalue weighted by atomic mass is 79.9. The Morgan fingerprint density at radius 3 is 2.58 bits per heavy atom. The van der Waals surface area contributed by atoms with Crippen molar-refractivity contribution in [2.75, 3.05) is 10.5 Å². The minimum absolute atomic E-state index is 0.0211. The van der Waals surface area contributed by atoms with Gasteiger partial charge in [-0.1, -0.05) is 0 Å². The smallest absolute Gasteiger partial charge is 0.264 e. The van der Waals surface area contributed by atoms with Crippen molar-refractivity contribution in [2.45, 2.75) is 4.90 Å². The second-order valence-corrected chi connectivity index (χ2v) is 6.16. The minimum atomic E-state index is -3.81. The molecule has 8 heteroatoms. The van der Waals surface area contributed by atoms with Crippen LogP contribution in [-0.2, 0) is 10.0 Å².